The molecular weight excluding hydrogens is 156 g/mol. The minimum atomic E-state index is -0.728. The van der Waals surface area contributed by atoms with Gasteiger partial charge in [0.15, 0.2) is 0 Å². The van der Waals surface area contributed by atoms with Crippen LogP contribution in [0.25, 0.3) is 0 Å². The monoisotopic (exact) mass is 174 g/mol. The van der Waals surface area contributed by atoms with Crippen molar-refractivity contribution in [3.63, 3.8) is 0 Å². The van der Waals surface area contributed by atoms with Crippen molar-refractivity contribution in [1.29, 1.82) is 0 Å². The topological polar surface area (TPSA) is 50.4 Å². The van der Waals surface area contributed by atoms with Gasteiger partial charge in [-0.3, -0.25) is 4.79 Å². The Morgan fingerprint density at radius 2 is 2.00 bits per heavy atom. The molecule has 0 saturated heterocycles. The molecule has 0 aromatic rings. The summed E-state index contributed by atoms with van der Waals surface area (Å²) in [4.78, 5) is 11.3. The van der Waals surface area contributed by atoms with Crippen LogP contribution in [0.4, 0.5) is 0 Å². The third kappa shape index (κ3) is 3.69. The molecule has 0 spiro atoms. The largest absolute Gasteiger partial charge is 0.369 e. The van der Waals surface area contributed by atoms with E-state index in [1.54, 1.807) is 13.8 Å². The first-order valence-electron chi connectivity index (χ1n) is 4.02. The second-order valence-electron chi connectivity index (χ2n) is 3.07. The number of methoxy groups -OCH3 is 1. The van der Waals surface area contributed by atoms with Crippen molar-refractivity contribution >= 4 is 5.91 Å². The molecule has 0 aliphatic rings. The number of hydrogen-bond donors (Lipinski definition) is 2. The molecule has 0 aromatic carbocycles. The van der Waals surface area contributed by atoms with Crippen molar-refractivity contribution in [2.45, 2.75) is 19.4 Å². The summed E-state index contributed by atoms with van der Waals surface area (Å²) in [6.07, 6.45) is 0. The summed E-state index contributed by atoms with van der Waals surface area (Å²) in [5, 5.41) is 5.69. The molecule has 0 aromatic heterocycles. The van der Waals surface area contributed by atoms with Crippen molar-refractivity contribution in [3.8, 4) is 0 Å². The van der Waals surface area contributed by atoms with Gasteiger partial charge in [-0.1, -0.05) is 0 Å². The molecule has 0 unspecified atom stereocenters. The minimum Gasteiger partial charge on any atom is -0.369 e. The van der Waals surface area contributed by atoms with Gasteiger partial charge in [0.2, 0.25) is 0 Å². The Morgan fingerprint density at radius 1 is 1.42 bits per heavy atom. The van der Waals surface area contributed by atoms with Crippen LogP contribution in [0.5, 0.6) is 0 Å². The van der Waals surface area contributed by atoms with Crippen LogP contribution < -0.4 is 10.6 Å². The summed E-state index contributed by atoms with van der Waals surface area (Å²) in [6, 6.07) is 0. The zero-order chi connectivity index (χ0) is 9.61. The number of ether oxygens (including phenoxy) is 1. The molecule has 0 rings (SSSR count). The van der Waals surface area contributed by atoms with E-state index in [1.165, 1.54) is 7.11 Å². The van der Waals surface area contributed by atoms with E-state index in [0.717, 1.165) is 6.54 Å². The van der Waals surface area contributed by atoms with Crippen molar-refractivity contribution in [2.75, 3.05) is 27.2 Å². The van der Waals surface area contributed by atoms with Crippen LogP contribution in [-0.4, -0.2) is 38.8 Å². The molecule has 4 nitrogen and oxygen atoms in total. The lowest BCUT2D eigenvalue weighted by molar-refractivity contribution is -0.139. The molecule has 4 heteroatoms. The molecule has 0 fully saturated rings. The number of likely N-dealkylation sites (N-methyl/N-ethyl adjacent to an activating group) is 1. The van der Waals surface area contributed by atoms with Gasteiger partial charge in [-0.05, 0) is 20.9 Å². The highest BCUT2D eigenvalue weighted by atomic mass is 16.5. The maximum Gasteiger partial charge on any atom is 0.251 e. The minimum absolute atomic E-state index is 0.0831. The van der Waals surface area contributed by atoms with E-state index in [1.807, 2.05) is 7.05 Å². The highest BCUT2D eigenvalue weighted by Crippen LogP contribution is 2.05. The van der Waals surface area contributed by atoms with Gasteiger partial charge in [0.1, 0.15) is 5.60 Å². The Kier molecular flexibility index (Phi) is 4.85. The third-order valence-electron chi connectivity index (χ3n) is 1.72. The number of carbonyl (C=O) groups excluding carboxylic acids is 1. The molecule has 2 N–H and O–H groups in total. The van der Waals surface area contributed by atoms with E-state index in [0.29, 0.717) is 6.54 Å². The van der Waals surface area contributed by atoms with Crippen LogP contribution in [0.15, 0.2) is 0 Å². The first-order valence-corrected chi connectivity index (χ1v) is 4.02. The van der Waals surface area contributed by atoms with Crippen molar-refractivity contribution in [3.05, 3.63) is 0 Å². The van der Waals surface area contributed by atoms with Gasteiger partial charge in [0.05, 0.1) is 0 Å². The van der Waals surface area contributed by atoms with E-state index in [4.69, 9.17) is 4.74 Å². The van der Waals surface area contributed by atoms with E-state index in [-0.39, 0.29) is 5.91 Å². The highest BCUT2D eigenvalue weighted by molar-refractivity contribution is 5.84. The summed E-state index contributed by atoms with van der Waals surface area (Å²) < 4.78 is 5.00. The first-order chi connectivity index (χ1) is 5.54. The van der Waals surface area contributed by atoms with Crippen LogP contribution in [-0.2, 0) is 9.53 Å². The first kappa shape index (κ1) is 11.4. The van der Waals surface area contributed by atoms with Gasteiger partial charge in [0, 0.05) is 20.2 Å². The normalized spacial score (nSPS) is 11.3. The van der Waals surface area contributed by atoms with E-state index < -0.39 is 5.60 Å². The molecule has 0 aliphatic carbocycles. The lowest BCUT2D eigenvalue weighted by Crippen LogP contribution is -2.45. The Bertz CT molecular complexity index is 146. The smallest absolute Gasteiger partial charge is 0.251 e. The second-order valence-corrected chi connectivity index (χ2v) is 3.07. The van der Waals surface area contributed by atoms with Crippen molar-refractivity contribution < 1.29 is 9.53 Å². The van der Waals surface area contributed by atoms with Crippen LogP contribution in [0.2, 0.25) is 0 Å². The van der Waals surface area contributed by atoms with Gasteiger partial charge < -0.3 is 15.4 Å². The highest BCUT2D eigenvalue weighted by Gasteiger charge is 2.25. The number of carbonyl (C=O) groups is 1. The summed E-state index contributed by atoms with van der Waals surface area (Å²) in [5.41, 5.74) is -0.728. The fraction of sp³-hybridized carbons (Fsp3) is 0.875. The molecular formula is C8H18N2O2. The van der Waals surface area contributed by atoms with Crippen molar-refractivity contribution in [1.82, 2.24) is 10.6 Å². The van der Waals surface area contributed by atoms with Crippen LogP contribution in [0, 0.1) is 0 Å². The predicted octanol–water partition coefficient (Wildman–Crippen LogP) is -0.253. The standard InChI is InChI=1S/C8H18N2O2/c1-8(2,12-4)7(11)10-6-5-9-3/h9H,5-6H2,1-4H3,(H,10,11). The third-order valence-corrected chi connectivity index (χ3v) is 1.72. The number of hydrogen-bond acceptors (Lipinski definition) is 3. The van der Waals surface area contributed by atoms with Crippen LogP contribution in [0.3, 0.4) is 0 Å². The zero-order valence-electron chi connectivity index (χ0n) is 8.23. The van der Waals surface area contributed by atoms with Gasteiger partial charge in [-0.2, -0.15) is 0 Å². The molecule has 12 heavy (non-hydrogen) atoms. The lowest BCUT2D eigenvalue weighted by Gasteiger charge is -2.21. The number of nitrogens with one attached hydrogen (secondary N) is 2. The summed E-state index contributed by atoms with van der Waals surface area (Å²) >= 11 is 0. The molecule has 72 valence electrons. The molecule has 0 bridgehead atoms. The quantitative estimate of drug-likeness (QED) is 0.565. The van der Waals surface area contributed by atoms with Gasteiger partial charge >= 0.3 is 0 Å². The number of amides is 1. The van der Waals surface area contributed by atoms with Crippen LogP contribution >= 0.6 is 0 Å². The van der Waals surface area contributed by atoms with E-state index in [2.05, 4.69) is 10.6 Å². The van der Waals surface area contributed by atoms with Crippen LogP contribution in [0.1, 0.15) is 13.8 Å². The van der Waals surface area contributed by atoms with Gasteiger partial charge in [-0.25, -0.2) is 0 Å². The molecule has 0 saturated carbocycles. The average Bonchev–Trinajstić information content (AvgIpc) is 2.05. The molecule has 0 radical (unpaired) electrons. The molecule has 0 atom stereocenters. The fourth-order valence-corrected chi connectivity index (χ4v) is 0.607. The summed E-state index contributed by atoms with van der Waals surface area (Å²) in [5.74, 6) is -0.0831. The van der Waals surface area contributed by atoms with Crippen molar-refractivity contribution in [2.24, 2.45) is 0 Å². The Morgan fingerprint density at radius 3 is 2.42 bits per heavy atom. The maximum absolute atomic E-state index is 11.3. The Hall–Kier alpha value is -0.610. The number of rotatable bonds is 5. The Labute approximate surface area is 73.7 Å². The molecule has 1 amide bonds. The Balaban J connectivity index is 3.72. The van der Waals surface area contributed by atoms with E-state index in [9.17, 15) is 4.79 Å². The summed E-state index contributed by atoms with van der Waals surface area (Å²) in [7, 11) is 3.37. The SMILES string of the molecule is CNCCNC(=O)C(C)(C)OC. The van der Waals surface area contributed by atoms with E-state index >= 15 is 0 Å². The molecule has 0 aliphatic heterocycles. The van der Waals surface area contributed by atoms with Gasteiger partial charge in [-0.15, -0.1) is 0 Å². The predicted molar refractivity (Wildman–Crippen MR) is 48.0 cm³/mol. The second kappa shape index (κ2) is 5.11. The maximum atomic E-state index is 11.3. The molecule has 0 heterocycles. The zero-order valence-corrected chi connectivity index (χ0v) is 8.23. The average molecular weight is 174 g/mol. The summed E-state index contributed by atoms with van der Waals surface area (Å²) in [6.45, 7) is 4.87. The fourth-order valence-electron chi connectivity index (χ4n) is 0.607. The van der Waals surface area contributed by atoms with Gasteiger partial charge in [0.25, 0.3) is 5.91 Å². The lowest BCUT2D eigenvalue weighted by atomic mass is 10.1.